The van der Waals surface area contributed by atoms with Crippen LogP contribution < -0.4 is 5.32 Å². The summed E-state index contributed by atoms with van der Waals surface area (Å²) in [6.07, 6.45) is -11.0. The third kappa shape index (κ3) is 4.69. The fraction of sp³-hybridized carbons (Fsp3) is 0.409. The molecule has 1 aliphatic rings. The third-order valence-corrected chi connectivity index (χ3v) is 5.68. The van der Waals surface area contributed by atoms with Gasteiger partial charge >= 0.3 is 12.4 Å². The Balaban J connectivity index is 1.71. The number of halogens is 6. The van der Waals surface area contributed by atoms with Gasteiger partial charge in [0.2, 0.25) is 0 Å². The van der Waals surface area contributed by atoms with E-state index in [9.17, 15) is 36.7 Å². The Bertz CT molecular complexity index is 929. The smallest absolute Gasteiger partial charge is 0.369 e. The zero-order valence-electron chi connectivity index (χ0n) is 16.8. The Labute approximate surface area is 181 Å². The molecule has 10 heteroatoms. The highest BCUT2D eigenvalue weighted by atomic mass is 19.4. The van der Waals surface area contributed by atoms with E-state index in [1.807, 2.05) is 30.3 Å². The molecule has 0 aromatic heterocycles. The summed E-state index contributed by atoms with van der Waals surface area (Å²) in [5.41, 5.74) is -6.00. The lowest BCUT2D eigenvalue weighted by molar-refractivity contribution is -0.376. The van der Waals surface area contributed by atoms with Crippen molar-refractivity contribution in [2.24, 2.45) is 0 Å². The van der Waals surface area contributed by atoms with Crippen LogP contribution in [0.25, 0.3) is 0 Å². The molecule has 0 unspecified atom stereocenters. The van der Waals surface area contributed by atoms with E-state index >= 15 is 0 Å². The molecule has 0 aliphatic carbocycles. The number of anilines is 1. The zero-order chi connectivity index (χ0) is 23.6. The van der Waals surface area contributed by atoms with Crippen LogP contribution in [-0.2, 0) is 12.1 Å². The highest BCUT2D eigenvalue weighted by molar-refractivity contribution is 5.50. The van der Waals surface area contributed by atoms with Gasteiger partial charge in [-0.3, -0.25) is 4.90 Å². The van der Waals surface area contributed by atoms with E-state index in [4.69, 9.17) is 0 Å². The van der Waals surface area contributed by atoms with Crippen LogP contribution in [-0.4, -0.2) is 41.0 Å². The van der Waals surface area contributed by atoms with Crippen molar-refractivity contribution in [3.63, 3.8) is 0 Å². The lowest BCUT2D eigenvalue weighted by atomic mass is 9.88. The van der Waals surface area contributed by atoms with Gasteiger partial charge in [0.25, 0.3) is 5.60 Å². The van der Waals surface area contributed by atoms with Crippen molar-refractivity contribution in [2.75, 3.05) is 18.4 Å². The Kier molecular flexibility index (Phi) is 6.45. The Hall–Kier alpha value is -2.77. The molecule has 0 spiro atoms. The number of nitriles is 1. The molecule has 2 aromatic carbocycles. The molecule has 32 heavy (non-hydrogen) atoms. The number of likely N-dealkylation sites (tertiary alicyclic amines) is 1. The Morgan fingerprint density at radius 3 is 1.91 bits per heavy atom. The predicted molar refractivity (Wildman–Crippen MR) is 105 cm³/mol. The molecule has 1 saturated heterocycles. The maximum atomic E-state index is 13.0. The number of alkyl halides is 6. The van der Waals surface area contributed by atoms with Crippen molar-refractivity contribution in [3.05, 3.63) is 65.7 Å². The number of rotatable bonds is 5. The van der Waals surface area contributed by atoms with Gasteiger partial charge < -0.3 is 10.4 Å². The van der Waals surface area contributed by atoms with E-state index in [1.165, 1.54) is 0 Å². The van der Waals surface area contributed by atoms with Crippen LogP contribution in [0.3, 0.4) is 0 Å². The molecule has 0 radical (unpaired) electrons. The van der Waals surface area contributed by atoms with Gasteiger partial charge in [0.1, 0.15) is 5.54 Å². The standard InChI is InChI=1S/C22H21F6N3O/c23-21(24,25)20(32,22(26,27)28)17-6-8-18(9-7-17)30-19(15-29)10-12-31(13-11-19)14-16-4-2-1-3-5-16/h1-9,30,32H,10-14H2. The molecule has 0 saturated carbocycles. The molecule has 172 valence electrons. The first-order chi connectivity index (χ1) is 14.9. The van der Waals surface area contributed by atoms with Gasteiger partial charge in [0.15, 0.2) is 0 Å². The summed E-state index contributed by atoms with van der Waals surface area (Å²) in [5.74, 6) is 0. The van der Waals surface area contributed by atoms with Gasteiger partial charge in [-0.25, -0.2) is 0 Å². The summed E-state index contributed by atoms with van der Waals surface area (Å²) >= 11 is 0. The van der Waals surface area contributed by atoms with Gasteiger partial charge in [0.05, 0.1) is 6.07 Å². The minimum atomic E-state index is -5.94. The minimum Gasteiger partial charge on any atom is -0.369 e. The first-order valence-electron chi connectivity index (χ1n) is 9.82. The molecule has 2 aromatic rings. The fourth-order valence-electron chi connectivity index (χ4n) is 3.76. The van der Waals surface area contributed by atoms with Gasteiger partial charge in [-0.2, -0.15) is 31.6 Å². The van der Waals surface area contributed by atoms with Crippen molar-refractivity contribution in [2.45, 2.75) is 42.9 Å². The summed E-state index contributed by atoms with van der Waals surface area (Å²) in [4.78, 5) is 2.17. The van der Waals surface area contributed by atoms with Crippen LogP contribution in [0.2, 0.25) is 0 Å². The third-order valence-electron chi connectivity index (χ3n) is 5.68. The molecule has 1 fully saturated rings. The monoisotopic (exact) mass is 457 g/mol. The Morgan fingerprint density at radius 2 is 1.44 bits per heavy atom. The maximum Gasteiger partial charge on any atom is 0.430 e. The van der Waals surface area contributed by atoms with E-state index in [-0.39, 0.29) is 5.69 Å². The summed E-state index contributed by atoms with van der Waals surface area (Å²) < 4.78 is 78.2. The van der Waals surface area contributed by atoms with Gasteiger partial charge in [-0.1, -0.05) is 42.5 Å². The van der Waals surface area contributed by atoms with Crippen LogP contribution in [0.5, 0.6) is 0 Å². The predicted octanol–water partition coefficient (Wildman–Crippen LogP) is 4.97. The second-order valence-electron chi connectivity index (χ2n) is 7.86. The summed E-state index contributed by atoms with van der Waals surface area (Å²) in [6, 6.07) is 15.1. The topological polar surface area (TPSA) is 59.3 Å². The Morgan fingerprint density at radius 1 is 0.906 bits per heavy atom. The lowest BCUT2D eigenvalue weighted by Gasteiger charge is -2.38. The molecule has 0 atom stereocenters. The van der Waals surface area contributed by atoms with E-state index in [1.54, 1.807) is 0 Å². The van der Waals surface area contributed by atoms with Crippen molar-refractivity contribution in [1.29, 1.82) is 5.26 Å². The lowest BCUT2D eigenvalue weighted by Crippen LogP contribution is -2.53. The van der Waals surface area contributed by atoms with E-state index in [0.717, 1.165) is 17.7 Å². The van der Waals surface area contributed by atoms with Crippen molar-refractivity contribution in [3.8, 4) is 6.07 Å². The molecule has 3 rings (SSSR count). The number of nitrogens with one attached hydrogen (secondary N) is 1. The number of piperidine rings is 1. The average Bonchev–Trinajstić information content (AvgIpc) is 2.74. The summed E-state index contributed by atoms with van der Waals surface area (Å²) in [5, 5.41) is 22.1. The van der Waals surface area contributed by atoms with Crippen LogP contribution >= 0.6 is 0 Å². The molecule has 1 aliphatic heterocycles. The highest BCUT2D eigenvalue weighted by Gasteiger charge is 2.71. The molecular weight excluding hydrogens is 436 g/mol. The maximum absolute atomic E-state index is 13.0. The van der Waals surface area contributed by atoms with Crippen LogP contribution in [0.4, 0.5) is 32.0 Å². The number of aliphatic hydroxyl groups is 1. The number of nitrogens with zero attached hydrogens (tertiary/aromatic N) is 2. The quantitative estimate of drug-likeness (QED) is 0.623. The first kappa shape index (κ1) is 23.9. The van der Waals surface area contributed by atoms with Gasteiger partial charge in [0, 0.05) is 30.9 Å². The van der Waals surface area contributed by atoms with E-state index in [2.05, 4.69) is 16.3 Å². The SMILES string of the molecule is N#CC1(Nc2ccc(C(O)(C(F)(F)F)C(F)(F)F)cc2)CCN(Cc2ccccc2)CC1. The van der Waals surface area contributed by atoms with Crippen LogP contribution in [0.1, 0.15) is 24.0 Å². The molecule has 1 heterocycles. The molecule has 4 nitrogen and oxygen atoms in total. The van der Waals surface area contributed by atoms with Crippen LogP contribution in [0, 0.1) is 11.3 Å². The first-order valence-corrected chi connectivity index (χ1v) is 9.82. The molecular formula is C22H21F6N3O. The van der Waals surface area contributed by atoms with Crippen molar-refractivity contribution in [1.82, 2.24) is 4.90 Å². The summed E-state index contributed by atoms with van der Waals surface area (Å²) in [6.45, 7) is 1.90. The van der Waals surface area contributed by atoms with E-state index in [0.29, 0.717) is 44.6 Å². The fourth-order valence-corrected chi connectivity index (χ4v) is 3.76. The normalized spacial score (nSPS) is 17.6. The molecule has 2 N–H and O–H groups in total. The van der Waals surface area contributed by atoms with Gasteiger partial charge in [-0.15, -0.1) is 0 Å². The average molecular weight is 457 g/mol. The second-order valence-corrected chi connectivity index (χ2v) is 7.86. The number of hydrogen-bond acceptors (Lipinski definition) is 4. The van der Waals surface area contributed by atoms with Gasteiger partial charge in [-0.05, 0) is 30.5 Å². The second kappa shape index (κ2) is 8.64. The number of benzene rings is 2. The largest absolute Gasteiger partial charge is 0.430 e. The molecule has 0 amide bonds. The van der Waals surface area contributed by atoms with Crippen molar-refractivity contribution >= 4 is 5.69 Å². The summed E-state index contributed by atoms with van der Waals surface area (Å²) in [7, 11) is 0. The zero-order valence-corrected chi connectivity index (χ0v) is 16.8. The molecule has 0 bridgehead atoms. The van der Waals surface area contributed by atoms with Crippen molar-refractivity contribution < 1.29 is 31.4 Å². The number of hydrogen-bond donors (Lipinski definition) is 2. The van der Waals surface area contributed by atoms with E-state index < -0.39 is 29.1 Å². The highest BCUT2D eigenvalue weighted by Crippen LogP contribution is 2.50. The van der Waals surface area contributed by atoms with Crippen LogP contribution in [0.15, 0.2) is 54.6 Å². The minimum absolute atomic E-state index is 0.193.